The van der Waals surface area contributed by atoms with Crippen LogP contribution >= 0.6 is 11.6 Å². The van der Waals surface area contributed by atoms with E-state index in [1.165, 1.54) is 23.8 Å². The fourth-order valence-electron chi connectivity index (χ4n) is 2.62. The topological polar surface area (TPSA) is 82.8 Å². The molecular formula is C22H22ClFN2O5. The van der Waals surface area contributed by atoms with E-state index in [1.807, 2.05) is 0 Å². The first-order chi connectivity index (χ1) is 14.7. The molecule has 0 aliphatic heterocycles. The van der Waals surface area contributed by atoms with Gasteiger partial charge in [0, 0.05) is 18.3 Å². The lowest BCUT2D eigenvalue weighted by molar-refractivity contribution is 0.0276. The normalized spacial score (nSPS) is 11.3. The number of nitrogens with zero attached hydrogens (tertiary/aromatic N) is 2. The molecule has 1 heterocycles. The first-order valence-corrected chi connectivity index (χ1v) is 9.74. The minimum Gasteiger partial charge on any atom is -0.493 e. The second kappa shape index (κ2) is 9.36. The molecule has 9 heteroatoms. The van der Waals surface area contributed by atoms with Crippen molar-refractivity contribution in [1.29, 1.82) is 0 Å². The van der Waals surface area contributed by atoms with Crippen molar-refractivity contribution in [3.8, 4) is 22.9 Å². The molecule has 164 valence electrons. The molecule has 0 aliphatic rings. The molecule has 2 aromatic carbocycles. The molecule has 0 aliphatic carbocycles. The van der Waals surface area contributed by atoms with Crippen LogP contribution in [0.4, 0.5) is 4.39 Å². The Hall–Kier alpha value is -3.10. The lowest BCUT2D eigenvalue weighted by Crippen LogP contribution is -2.28. The van der Waals surface area contributed by atoms with Crippen LogP contribution in [0.3, 0.4) is 0 Å². The fourth-order valence-corrected chi connectivity index (χ4v) is 2.74. The number of methoxy groups -OCH3 is 1. The molecule has 1 N–H and O–H groups in total. The molecule has 3 rings (SSSR count). The van der Waals surface area contributed by atoms with Crippen molar-refractivity contribution < 1.29 is 23.7 Å². The fraction of sp³-hybridized carbons (Fsp3) is 0.273. The summed E-state index contributed by atoms with van der Waals surface area (Å²) in [5.41, 5.74) is -0.609. The third-order valence-corrected chi connectivity index (χ3v) is 4.45. The predicted octanol–water partition coefficient (Wildman–Crippen LogP) is 3.76. The standard InChI is InChI=1S/C22H22ClFN2O5/c1-22(2,28)13-31-19-7-4-15(10-20(19)29-3)26-9-8-14(25-21(26)27)12-30-16-5-6-17(23)18(24)11-16/h4-11,28H,12-13H2,1-3H3. The molecule has 0 saturated carbocycles. The number of ether oxygens (including phenoxy) is 3. The number of rotatable bonds is 8. The third-order valence-electron chi connectivity index (χ3n) is 4.15. The van der Waals surface area contributed by atoms with E-state index < -0.39 is 17.1 Å². The molecule has 0 unspecified atom stereocenters. The maximum Gasteiger partial charge on any atom is 0.352 e. The first-order valence-electron chi connectivity index (χ1n) is 9.36. The Bertz CT molecular complexity index is 1130. The van der Waals surface area contributed by atoms with Gasteiger partial charge in [0.1, 0.15) is 24.8 Å². The van der Waals surface area contributed by atoms with Crippen molar-refractivity contribution in [3.05, 3.63) is 75.7 Å². The Morgan fingerprint density at radius 3 is 2.55 bits per heavy atom. The van der Waals surface area contributed by atoms with E-state index in [1.54, 1.807) is 44.3 Å². The molecule has 1 aromatic heterocycles. The van der Waals surface area contributed by atoms with Gasteiger partial charge in [0.05, 0.1) is 29.1 Å². The SMILES string of the molecule is COc1cc(-n2ccc(COc3ccc(Cl)c(F)c3)nc2=O)ccc1OCC(C)(C)O. The van der Waals surface area contributed by atoms with Gasteiger partial charge in [0.15, 0.2) is 11.5 Å². The molecule has 0 radical (unpaired) electrons. The number of aliphatic hydroxyl groups is 1. The summed E-state index contributed by atoms with van der Waals surface area (Å²) < 4.78 is 31.2. The van der Waals surface area contributed by atoms with Gasteiger partial charge in [-0.15, -0.1) is 0 Å². The summed E-state index contributed by atoms with van der Waals surface area (Å²) in [6, 6.07) is 10.7. The van der Waals surface area contributed by atoms with E-state index in [4.69, 9.17) is 25.8 Å². The molecule has 0 spiro atoms. The van der Waals surface area contributed by atoms with Crippen LogP contribution < -0.4 is 19.9 Å². The summed E-state index contributed by atoms with van der Waals surface area (Å²) in [6.07, 6.45) is 1.56. The summed E-state index contributed by atoms with van der Waals surface area (Å²) >= 11 is 5.65. The smallest absolute Gasteiger partial charge is 0.352 e. The monoisotopic (exact) mass is 448 g/mol. The molecule has 31 heavy (non-hydrogen) atoms. The van der Waals surface area contributed by atoms with Crippen LogP contribution in [0.2, 0.25) is 5.02 Å². The predicted molar refractivity (Wildman–Crippen MR) is 114 cm³/mol. The van der Waals surface area contributed by atoms with Crippen LogP contribution in [0.15, 0.2) is 53.5 Å². The van der Waals surface area contributed by atoms with E-state index >= 15 is 0 Å². The Morgan fingerprint density at radius 1 is 1.13 bits per heavy atom. The summed E-state index contributed by atoms with van der Waals surface area (Å²) in [4.78, 5) is 16.5. The molecule has 7 nitrogen and oxygen atoms in total. The van der Waals surface area contributed by atoms with Gasteiger partial charge in [-0.05, 0) is 44.2 Å². The van der Waals surface area contributed by atoms with Crippen molar-refractivity contribution in [1.82, 2.24) is 9.55 Å². The molecule has 0 atom stereocenters. The molecule has 0 bridgehead atoms. The Morgan fingerprint density at radius 2 is 1.90 bits per heavy atom. The highest BCUT2D eigenvalue weighted by Gasteiger charge is 2.16. The molecular weight excluding hydrogens is 427 g/mol. The van der Waals surface area contributed by atoms with Gasteiger partial charge in [0.25, 0.3) is 0 Å². The average molecular weight is 449 g/mol. The van der Waals surface area contributed by atoms with E-state index in [0.29, 0.717) is 22.9 Å². The van der Waals surface area contributed by atoms with Gasteiger partial charge in [-0.2, -0.15) is 4.98 Å². The minimum atomic E-state index is -1.000. The third kappa shape index (κ3) is 5.96. The van der Waals surface area contributed by atoms with Gasteiger partial charge in [-0.3, -0.25) is 4.57 Å². The van der Waals surface area contributed by atoms with Gasteiger partial charge in [0.2, 0.25) is 0 Å². The van der Waals surface area contributed by atoms with E-state index in [-0.39, 0.29) is 24.0 Å². The highest BCUT2D eigenvalue weighted by Crippen LogP contribution is 2.30. The van der Waals surface area contributed by atoms with Crippen molar-refractivity contribution in [2.24, 2.45) is 0 Å². The summed E-state index contributed by atoms with van der Waals surface area (Å²) in [7, 11) is 1.48. The number of hydrogen-bond donors (Lipinski definition) is 1. The van der Waals surface area contributed by atoms with Crippen LogP contribution in [0.1, 0.15) is 19.5 Å². The number of benzene rings is 2. The lowest BCUT2D eigenvalue weighted by atomic mass is 10.2. The van der Waals surface area contributed by atoms with Crippen LogP contribution in [0.5, 0.6) is 17.2 Å². The number of hydrogen-bond acceptors (Lipinski definition) is 6. The van der Waals surface area contributed by atoms with E-state index in [9.17, 15) is 14.3 Å². The molecule has 0 saturated heterocycles. The zero-order valence-electron chi connectivity index (χ0n) is 17.3. The largest absolute Gasteiger partial charge is 0.493 e. The quantitative estimate of drug-likeness (QED) is 0.565. The van der Waals surface area contributed by atoms with E-state index in [2.05, 4.69) is 4.98 Å². The van der Waals surface area contributed by atoms with Crippen molar-refractivity contribution in [2.45, 2.75) is 26.1 Å². The van der Waals surface area contributed by atoms with Crippen LogP contribution in [-0.4, -0.2) is 34.0 Å². The second-order valence-corrected chi connectivity index (χ2v) is 7.78. The van der Waals surface area contributed by atoms with Gasteiger partial charge < -0.3 is 19.3 Å². The summed E-state index contributed by atoms with van der Waals surface area (Å²) in [5, 5.41) is 9.83. The van der Waals surface area contributed by atoms with Crippen molar-refractivity contribution >= 4 is 11.6 Å². The molecule has 0 amide bonds. The summed E-state index contributed by atoms with van der Waals surface area (Å²) in [5.74, 6) is 0.533. The lowest BCUT2D eigenvalue weighted by Gasteiger charge is -2.19. The van der Waals surface area contributed by atoms with Crippen molar-refractivity contribution in [3.63, 3.8) is 0 Å². The molecule has 0 fully saturated rings. The minimum absolute atomic E-state index is 0.00000751. The Labute approximate surface area is 183 Å². The van der Waals surface area contributed by atoms with E-state index in [0.717, 1.165) is 6.07 Å². The Balaban J connectivity index is 1.76. The first kappa shape index (κ1) is 22.6. The maximum absolute atomic E-state index is 13.5. The zero-order valence-corrected chi connectivity index (χ0v) is 18.0. The van der Waals surface area contributed by atoms with Gasteiger partial charge in [-0.1, -0.05) is 11.6 Å². The van der Waals surface area contributed by atoms with Crippen LogP contribution in [0.25, 0.3) is 5.69 Å². The van der Waals surface area contributed by atoms with Crippen molar-refractivity contribution in [2.75, 3.05) is 13.7 Å². The summed E-state index contributed by atoms with van der Waals surface area (Å²) in [6.45, 7) is 3.34. The highest BCUT2D eigenvalue weighted by atomic mass is 35.5. The maximum atomic E-state index is 13.5. The second-order valence-electron chi connectivity index (χ2n) is 7.37. The van der Waals surface area contributed by atoms with Gasteiger partial charge in [-0.25, -0.2) is 9.18 Å². The average Bonchev–Trinajstić information content (AvgIpc) is 2.72. The number of aromatic nitrogens is 2. The van der Waals surface area contributed by atoms with Crippen LogP contribution in [-0.2, 0) is 6.61 Å². The number of halogens is 2. The molecule has 3 aromatic rings. The van der Waals surface area contributed by atoms with Crippen LogP contribution in [0, 0.1) is 5.82 Å². The Kier molecular flexibility index (Phi) is 6.82. The highest BCUT2D eigenvalue weighted by molar-refractivity contribution is 6.30. The van der Waals surface area contributed by atoms with Gasteiger partial charge >= 0.3 is 5.69 Å². The zero-order chi connectivity index (χ0) is 22.6.